The van der Waals surface area contributed by atoms with E-state index in [9.17, 15) is 9.59 Å². The van der Waals surface area contributed by atoms with Gasteiger partial charge < -0.3 is 0 Å². The van der Waals surface area contributed by atoms with Crippen molar-refractivity contribution in [1.29, 1.82) is 0 Å². The van der Waals surface area contributed by atoms with E-state index in [0.29, 0.717) is 12.0 Å². The van der Waals surface area contributed by atoms with Crippen LogP contribution in [-0.2, 0) is 9.59 Å². The summed E-state index contributed by atoms with van der Waals surface area (Å²) in [7, 11) is 0. The Morgan fingerprint density at radius 3 is 2.42 bits per heavy atom. The van der Waals surface area contributed by atoms with E-state index >= 15 is 0 Å². The molecule has 1 aromatic rings. The predicted molar refractivity (Wildman–Crippen MR) is 78.8 cm³/mol. The fraction of sp³-hybridized carbons (Fsp3) is 0.294. The molecule has 0 unspecified atom stereocenters. The number of allylic oxidation sites excluding steroid dienone is 3. The van der Waals surface area contributed by atoms with Gasteiger partial charge in [-0.15, -0.1) is 0 Å². The summed E-state index contributed by atoms with van der Waals surface area (Å²) in [6, 6.07) is 9.57. The van der Waals surface area contributed by atoms with Crippen molar-refractivity contribution >= 4 is 17.6 Å². The number of carbonyl (C=O) groups excluding carboxylic acids is 2. The van der Waals surface area contributed by atoms with Crippen molar-refractivity contribution in [2.24, 2.45) is 0 Å². The Bertz CT molecular complexity index is 481. The van der Waals surface area contributed by atoms with Gasteiger partial charge in [0.2, 0.25) is 0 Å². The fourth-order valence-electron chi connectivity index (χ4n) is 1.74. The number of rotatable bonds is 7. The molecule has 0 saturated heterocycles. The first-order valence-electron chi connectivity index (χ1n) is 6.66. The normalized spacial score (nSPS) is 11.8. The quantitative estimate of drug-likeness (QED) is 0.420. The van der Waals surface area contributed by atoms with Crippen LogP contribution in [0.5, 0.6) is 0 Å². The Morgan fingerprint density at radius 2 is 1.84 bits per heavy atom. The standard InChI is InChI=1S/C17H20O2/c1-3-5-11-16(18)15(4-2)17(19)13-12-14-9-7-6-8-10-14/h4,6-10,12-13H,3,5,11H2,1-2H3/b13-12+,15-4+. The van der Waals surface area contributed by atoms with Gasteiger partial charge in [0, 0.05) is 6.42 Å². The van der Waals surface area contributed by atoms with E-state index in [1.165, 1.54) is 6.08 Å². The second kappa shape index (κ2) is 8.20. The minimum Gasteiger partial charge on any atom is -0.294 e. The van der Waals surface area contributed by atoms with Crippen LogP contribution < -0.4 is 0 Å². The van der Waals surface area contributed by atoms with Gasteiger partial charge in [0.25, 0.3) is 0 Å². The largest absolute Gasteiger partial charge is 0.294 e. The molecule has 0 aliphatic rings. The molecule has 0 spiro atoms. The van der Waals surface area contributed by atoms with Crippen LogP contribution in [0.2, 0.25) is 0 Å². The third kappa shape index (κ3) is 5.04. The zero-order chi connectivity index (χ0) is 14.1. The van der Waals surface area contributed by atoms with Crippen LogP contribution >= 0.6 is 0 Å². The Hall–Kier alpha value is -1.96. The lowest BCUT2D eigenvalue weighted by atomic mass is 10.0. The summed E-state index contributed by atoms with van der Waals surface area (Å²) >= 11 is 0. The van der Waals surface area contributed by atoms with E-state index in [-0.39, 0.29) is 11.6 Å². The van der Waals surface area contributed by atoms with E-state index in [0.717, 1.165) is 18.4 Å². The minimum atomic E-state index is -0.215. The molecule has 2 heteroatoms. The molecule has 1 rings (SSSR count). The van der Waals surface area contributed by atoms with Crippen LogP contribution in [0.4, 0.5) is 0 Å². The van der Waals surface area contributed by atoms with Crippen molar-refractivity contribution in [2.45, 2.75) is 33.1 Å². The summed E-state index contributed by atoms with van der Waals surface area (Å²) in [6.45, 7) is 3.76. The molecule has 0 radical (unpaired) electrons. The van der Waals surface area contributed by atoms with Crippen molar-refractivity contribution in [1.82, 2.24) is 0 Å². The van der Waals surface area contributed by atoms with Crippen molar-refractivity contribution < 1.29 is 9.59 Å². The molecule has 0 fully saturated rings. The first kappa shape index (κ1) is 15.1. The smallest absolute Gasteiger partial charge is 0.189 e. The summed E-state index contributed by atoms with van der Waals surface area (Å²) in [5.41, 5.74) is 1.24. The van der Waals surface area contributed by atoms with Gasteiger partial charge in [0.1, 0.15) is 0 Å². The van der Waals surface area contributed by atoms with Gasteiger partial charge >= 0.3 is 0 Å². The summed E-state index contributed by atoms with van der Waals surface area (Å²) in [4.78, 5) is 23.8. The molecule has 0 aliphatic carbocycles. The van der Waals surface area contributed by atoms with Crippen LogP contribution in [0.3, 0.4) is 0 Å². The van der Waals surface area contributed by atoms with Gasteiger partial charge in [0.05, 0.1) is 5.57 Å². The number of hydrogen-bond donors (Lipinski definition) is 0. The summed E-state index contributed by atoms with van der Waals surface area (Å²) < 4.78 is 0. The zero-order valence-corrected chi connectivity index (χ0v) is 11.6. The lowest BCUT2D eigenvalue weighted by Gasteiger charge is -2.01. The average Bonchev–Trinajstić information content (AvgIpc) is 2.44. The third-order valence-corrected chi connectivity index (χ3v) is 2.84. The predicted octanol–water partition coefficient (Wildman–Crippen LogP) is 3.97. The number of carbonyl (C=O) groups is 2. The number of unbranched alkanes of at least 4 members (excludes halogenated alkanes) is 1. The molecule has 100 valence electrons. The number of ketones is 2. The average molecular weight is 256 g/mol. The molecule has 0 heterocycles. The Kier molecular flexibility index (Phi) is 6.51. The van der Waals surface area contributed by atoms with Crippen molar-refractivity contribution in [2.75, 3.05) is 0 Å². The fourth-order valence-corrected chi connectivity index (χ4v) is 1.74. The zero-order valence-electron chi connectivity index (χ0n) is 11.6. The van der Waals surface area contributed by atoms with Gasteiger partial charge in [-0.05, 0) is 25.0 Å². The highest BCUT2D eigenvalue weighted by atomic mass is 16.1. The van der Waals surface area contributed by atoms with Crippen LogP contribution in [0.25, 0.3) is 6.08 Å². The first-order chi connectivity index (χ1) is 9.19. The van der Waals surface area contributed by atoms with E-state index < -0.39 is 0 Å². The summed E-state index contributed by atoms with van der Waals surface area (Å²) in [6.07, 6.45) is 7.03. The summed E-state index contributed by atoms with van der Waals surface area (Å²) in [5.74, 6) is -0.278. The lowest BCUT2D eigenvalue weighted by molar-refractivity contribution is -0.119. The van der Waals surface area contributed by atoms with Crippen LogP contribution in [0, 0.1) is 0 Å². The molecule has 2 nitrogen and oxygen atoms in total. The van der Waals surface area contributed by atoms with E-state index in [4.69, 9.17) is 0 Å². The van der Waals surface area contributed by atoms with Crippen LogP contribution in [0.15, 0.2) is 48.1 Å². The van der Waals surface area contributed by atoms with Gasteiger partial charge in [-0.1, -0.05) is 55.8 Å². The van der Waals surface area contributed by atoms with Crippen molar-refractivity contribution in [3.8, 4) is 0 Å². The molecule has 0 atom stereocenters. The molecule has 0 saturated carbocycles. The highest BCUT2D eigenvalue weighted by Gasteiger charge is 2.13. The van der Waals surface area contributed by atoms with Gasteiger partial charge in [-0.2, -0.15) is 0 Å². The molecular formula is C17H20O2. The molecule has 0 aliphatic heterocycles. The molecule has 1 aromatic carbocycles. The Balaban J connectivity index is 2.70. The lowest BCUT2D eigenvalue weighted by Crippen LogP contribution is -2.10. The van der Waals surface area contributed by atoms with Crippen molar-refractivity contribution in [3.63, 3.8) is 0 Å². The maximum atomic E-state index is 12.0. The highest BCUT2D eigenvalue weighted by Crippen LogP contribution is 2.09. The van der Waals surface area contributed by atoms with Crippen LogP contribution in [0.1, 0.15) is 38.7 Å². The SMILES string of the molecule is C/C=C(/C(=O)/C=C/c1ccccc1)C(=O)CCCC. The number of benzene rings is 1. The summed E-state index contributed by atoms with van der Waals surface area (Å²) in [5, 5.41) is 0. The number of hydrogen-bond acceptors (Lipinski definition) is 2. The molecule has 19 heavy (non-hydrogen) atoms. The van der Waals surface area contributed by atoms with E-state index in [2.05, 4.69) is 0 Å². The van der Waals surface area contributed by atoms with Gasteiger partial charge in [-0.25, -0.2) is 0 Å². The number of Topliss-reactive ketones (excluding diaryl/α,β-unsaturated/α-hetero) is 1. The van der Waals surface area contributed by atoms with E-state index in [1.54, 1.807) is 19.1 Å². The molecule has 0 bridgehead atoms. The first-order valence-corrected chi connectivity index (χ1v) is 6.66. The molecular weight excluding hydrogens is 236 g/mol. The Morgan fingerprint density at radius 1 is 1.16 bits per heavy atom. The Labute approximate surface area is 114 Å². The maximum absolute atomic E-state index is 12.0. The van der Waals surface area contributed by atoms with Gasteiger partial charge in [0.15, 0.2) is 11.6 Å². The third-order valence-electron chi connectivity index (χ3n) is 2.84. The molecule has 0 amide bonds. The van der Waals surface area contributed by atoms with Crippen molar-refractivity contribution in [3.05, 3.63) is 53.6 Å². The van der Waals surface area contributed by atoms with Gasteiger partial charge in [-0.3, -0.25) is 9.59 Å². The molecule has 0 aromatic heterocycles. The minimum absolute atomic E-state index is 0.0629. The molecule has 0 N–H and O–H groups in total. The van der Waals surface area contributed by atoms with E-state index in [1.807, 2.05) is 37.3 Å². The van der Waals surface area contributed by atoms with Crippen LogP contribution in [-0.4, -0.2) is 11.6 Å². The second-order valence-electron chi connectivity index (χ2n) is 4.34. The monoisotopic (exact) mass is 256 g/mol. The second-order valence-corrected chi connectivity index (χ2v) is 4.34. The highest BCUT2D eigenvalue weighted by molar-refractivity contribution is 6.24. The maximum Gasteiger partial charge on any atom is 0.189 e. The topological polar surface area (TPSA) is 34.1 Å².